The summed E-state index contributed by atoms with van der Waals surface area (Å²) >= 11 is 0. The molecular weight excluding hydrogens is 516 g/mol. The van der Waals surface area contributed by atoms with Crippen LogP contribution in [-0.4, -0.2) is 64.9 Å². The first-order valence-corrected chi connectivity index (χ1v) is 13.2. The molecule has 2 N–H and O–H groups in total. The molecule has 1 aliphatic heterocycles. The summed E-state index contributed by atoms with van der Waals surface area (Å²) in [6, 6.07) is 14.0. The molecule has 11 heteroatoms. The number of hydrogen-bond donors (Lipinski definition) is 2. The summed E-state index contributed by atoms with van der Waals surface area (Å²) in [5.74, 6) is -0.198. The van der Waals surface area contributed by atoms with Gasteiger partial charge in [0.1, 0.15) is 29.6 Å². The van der Waals surface area contributed by atoms with E-state index < -0.39 is 29.0 Å². The third-order valence-electron chi connectivity index (χ3n) is 6.74. The average molecular weight is 551 g/mol. The van der Waals surface area contributed by atoms with E-state index in [0.29, 0.717) is 36.4 Å². The number of nitrogens with one attached hydrogen (secondary N) is 1. The molecule has 1 aromatic heterocycles. The van der Waals surface area contributed by atoms with Crippen molar-refractivity contribution in [3.05, 3.63) is 75.8 Å². The van der Waals surface area contributed by atoms with Gasteiger partial charge in [-0.3, -0.25) is 14.2 Å². The van der Waals surface area contributed by atoms with E-state index in [4.69, 9.17) is 14.2 Å². The van der Waals surface area contributed by atoms with Crippen molar-refractivity contribution in [2.24, 2.45) is 0 Å². The van der Waals surface area contributed by atoms with Gasteiger partial charge in [-0.15, -0.1) is 0 Å². The minimum Gasteiger partial charge on any atom is -0.494 e. The standard InChI is InChI=1S/C29H34N4O7/c1-4-5-14-23-31-26(34)24(28(36)33(23)25-21(38-2)12-9-13-22(25)39-3)27(35)32-16-15-20(17-32)30-29(37)40-18-19-10-7-6-8-11-19/h6-13,20,36H,4-5,14-18H2,1-3H3,(H,30,37)/t20-/m0/s1. The molecule has 3 aromatic rings. The van der Waals surface area contributed by atoms with Gasteiger partial charge in [-0.05, 0) is 30.5 Å². The fourth-order valence-corrected chi connectivity index (χ4v) is 4.68. The van der Waals surface area contributed by atoms with Crippen molar-refractivity contribution in [2.45, 2.75) is 45.3 Å². The Labute approximate surface area is 232 Å². The molecule has 0 saturated carbocycles. The maximum absolute atomic E-state index is 13.6. The number of ether oxygens (including phenoxy) is 3. The van der Waals surface area contributed by atoms with E-state index in [9.17, 15) is 19.5 Å². The number of benzene rings is 2. The lowest BCUT2D eigenvalue weighted by molar-refractivity contribution is 0.0780. The summed E-state index contributed by atoms with van der Waals surface area (Å²) in [6.07, 6.45) is 1.78. The van der Waals surface area contributed by atoms with Crippen LogP contribution in [0.1, 0.15) is 47.9 Å². The number of aromatic hydroxyl groups is 1. The van der Waals surface area contributed by atoms with Gasteiger partial charge in [0.15, 0.2) is 5.56 Å². The Kier molecular flexibility index (Phi) is 9.26. The van der Waals surface area contributed by atoms with E-state index in [1.54, 1.807) is 18.2 Å². The molecule has 1 fully saturated rings. The van der Waals surface area contributed by atoms with Crippen molar-refractivity contribution < 1.29 is 28.9 Å². The van der Waals surface area contributed by atoms with Crippen LogP contribution >= 0.6 is 0 Å². The summed E-state index contributed by atoms with van der Waals surface area (Å²) in [7, 11) is 2.95. The minimum absolute atomic E-state index is 0.123. The van der Waals surface area contributed by atoms with Crippen LogP contribution in [0.25, 0.3) is 5.69 Å². The number of likely N-dealkylation sites (tertiary alicyclic amines) is 1. The Balaban J connectivity index is 1.58. The Morgan fingerprint density at radius 3 is 2.42 bits per heavy atom. The number of aryl methyl sites for hydroxylation is 1. The molecule has 0 unspecified atom stereocenters. The first-order chi connectivity index (χ1) is 19.4. The summed E-state index contributed by atoms with van der Waals surface area (Å²) in [4.78, 5) is 44.6. The zero-order valence-electron chi connectivity index (χ0n) is 22.9. The molecule has 212 valence electrons. The van der Waals surface area contributed by atoms with E-state index in [0.717, 1.165) is 12.0 Å². The predicted octanol–water partition coefficient (Wildman–Crippen LogP) is 3.44. The number of para-hydroxylation sites is 1. The van der Waals surface area contributed by atoms with Crippen LogP contribution < -0.4 is 20.3 Å². The van der Waals surface area contributed by atoms with Gasteiger partial charge >= 0.3 is 6.09 Å². The zero-order chi connectivity index (χ0) is 28.6. The second-order valence-corrected chi connectivity index (χ2v) is 9.42. The highest BCUT2D eigenvalue weighted by molar-refractivity contribution is 5.96. The van der Waals surface area contributed by atoms with Gasteiger partial charge in [0, 0.05) is 19.5 Å². The summed E-state index contributed by atoms with van der Waals surface area (Å²) < 4.78 is 17.7. The average Bonchev–Trinajstić information content (AvgIpc) is 3.43. The van der Waals surface area contributed by atoms with Crippen molar-refractivity contribution in [3.63, 3.8) is 0 Å². The molecule has 0 radical (unpaired) electrons. The predicted molar refractivity (Wildman–Crippen MR) is 147 cm³/mol. The molecule has 40 heavy (non-hydrogen) atoms. The van der Waals surface area contributed by atoms with Crippen LogP contribution in [0.3, 0.4) is 0 Å². The summed E-state index contributed by atoms with van der Waals surface area (Å²) in [6.45, 7) is 2.54. The van der Waals surface area contributed by atoms with Crippen LogP contribution in [0, 0.1) is 0 Å². The number of carbonyl (C=O) groups is 2. The number of methoxy groups -OCH3 is 2. The Hall–Kier alpha value is -4.54. The molecule has 2 amide bonds. The third-order valence-corrected chi connectivity index (χ3v) is 6.74. The highest BCUT2D eigenvalue weighted by Crippen LogP contribution is 2.36. The number of nitrogens with zero attached hydrogens (tertiary/aromatic N) is 3. The quantitative estimate of drug-likeness (QED) is 0.392. The molecule has 1 saturated heterocycles. The molecule has 2 heterocycles. The fourth-order valence-electron chi connectivity index (χ4n) is 4.68. The van der Waals surface area contributed by atoms with E-state index in [-0.39, 0.29) is 31.6 Å². The number of rotatable bonds is 10. The van der Waals surface area contributed by atoms with Gasteiger partial charge in [0.25, 0.3) is 11.5 Å². The molecule has 0 bridgehead atoms. The molecule has 1 aliphatic rings. The van der Waals surface area contributed by atoms with E-state index in [2.05, 4.69) is 10.3 Å². The molecule has 11 nitrogen and oxygen atoms in total. The van der Waals surface area contributed by atoms with Crippen LogP contribution in [0.2, 0.25) is 0 Å². The van der Waals surface area contributed by atoms with Crippen molar-refractivity contribution in [1.29, 1.82) is 0 Å². The highest BCUT2D eigenvalue weighted by atomic mass is 16.5. The van der Waals surface area contributed by atoms with Crippen molar-refractivity contribution in [2.75, 3.05) is 27.3 Å². The summed E-state index contributed by atoms with van der Waals surface area (Å²) in [5, 5.41) is 14.2. The normalized spacial score (nSPS) is 14.6. The van der Waals surface area contributed by atoms with Gasteiger partial charge in [-0.2, -0.15) is 4.98 Å². The first kappa shape index (κ1) is 28.5. The molecule has 4 rings (SSSR count). The smallest absolute Gasteiger partial charge is 0.407 e. The maximum atomic E-state index is 13.6. The second-order valence-electron chi connectivity index (χ2n) is 9.42. The maximum Gasteiger partial charge on any atom is 0.407 e. The Bertz CT molecular complexity index is 1390. The largest absolute Gasteiger partial charge is 0.494 e. The molecule has 1 atom stereocenters. The number of alkyl carbamates (subject to hydrolysis) is 1. The van der Waals surface area contributed by atoms with Gasteiger partial charge < -0.3 is 29.5 Å². The van der Waals surface area contributed by atoms with Crippen molar-refractivity contribution in [1.82, 2.24) is 19.8 Å². The van der Waals surface area contributed by atoms with Gasteiger partial charge in [-0.1, -0.05) is 49.7 Å². The van der Waals surface area contributed by atoms with Crippen molar-refractivity contribution >= 4 is 12.0 Å². The van der Waals surface area contributed by atoms with E-state index in [1.807, 2.05) is 37.3 Å². The SMILES string of the molecule is CCCCc1nc(=O)c(C(=O)N2CC[C@H](NC(=O)OCc3ccccc3)C2)c(O)n1-c1c(OC)cccc1OC. The zero-order valence-corrected chi connectivity index (χ0v) is 22.9. The lowest BCUT2D eigenvalue weighted by Crippen LogP contribution is -2.40. The van der Waals surface area contributed by atoms with Crippen molar-refractivity contribution in [3.8, 4) is 23.1 Å². The summed E-state index contributed by atoms with van der Waals surface area (Å²) in [5.41, 5.74) is -0.0909. The van der Waals surface area contributed by atoms with Crippen LogP contribution in [-0.2, 0) is 17.8 Å². The van der Waals surface area contributed by atoms with Crippen LogP contribution in [0.5, 0.6) is 17.4 Å². The second kappa shape index (κ2) is 13.0. The van der Waals surface area contributed by atoms with E-state index >= 15 is 0 Å². The third kappa shape index (κ3) is 6.19. The molecular formula is C29H34N4O7. The molecule has 2 aromatic carbocycles. The lowest BCUT2D eigenvalue weighted by atomic mass is 10.2. The Morgan fingerprint density at radius 1 is 1.07 bits per heavy atom. The van der Waals surface area contributed by atoms with Crippen LogP contribution in [0.4, 0.5) is 4.79 Å². The van der Waals surface area contributed by atoms with Gasteiger partial charge in [0.2, 0.25) is 5.88 Å². The number of unbranched alkanes of at least 4 members (excludes halogenated alkanes) is 1. The van der Waals surface area contributed by atoms with Crippen LogP contribution in [0.15, 0.2) is 53.3 Å². The Morgan fingerprint density at radius 2 is 1.77 bits per heavy atom. The fraction of sp³-hybridized carbons (Fsp3) is 0.379. The number of hydrogen-bond acceptors (Lipinski definition) is 8. The number of amides is 2. The number of aromatic nitrogens is 2. The van der Waals surface area contributed by atoms with E-state index in [1.165, 1.54) is 23.7 Å². The lowest BCUT2D eigenvalue weighted by Gasteiger charge is -2.22. The monoisotopic (exact) mass is 550 g/mol. The van der Waals surface area contributed by atoms with Gasteiger partial charge in [-0.25, -0.2) is 4.79 Å². The highest BCUT2D eigenvalue weighted by Gasteiger charge is 2.33. The first-order valence-electron chi connectivity index (χ1n) is 13.2. The topological polar surface area (TPSA) is 132 Å². The minimum atomic E-state index is -0.822. The number of carbonyl (C=O) groups excluding carboxylic acids is 2. The molecule has 0 spiro atoms. The molecule has 0 aliphatic carbocycles. The van der Waals surface area contributed by atoms with Gasteiger partial charge in [0.05, 0.1) is 20.3 Å².